The molecule has 1 aliphatic rings. The van der Waals surface area contributed by atoms with Crippen molar-refractivity contribution < 1.29 is 18.3 Å². The maximum atomic E-state index is 12.9. The summed E-state index contributed by atoms with van der Waals surface area (Å²) in [6.07, 6.45) is 0.862. The smallest absolute Gasteiger partial charge is 0.162 e. The van der Waals surface area contributed by atoms with Gasteiger partial charge >= 0.3 is 0 Å². The van der Waals surface area contributed by atoms with Crippen LogP contribution in [0.2, 0.25) is 0 Å². The van der Waals surface area contributed by atoms with Crippen LogP contribution in [-0.4, -0.2) is 32.4 Å². The summed E-state index contributed by atoms with van der Waals surface area (Å²) in [5.41, 5.74) is 0. The van der Waals surface area contributed by atoms with Gasteiger partial charge in [-0.15, -0.1) is 0 Å². The van der Waals surface area contributed by atoms with Gasteiger partial charge in [0.05, 0.1) is 19.3 Å². The zero-order valence-electron chi connectivity index (χ0n) is 9.42. The molecule has 2 rings (SSSR count). The lowest BCUT2D eigenvalue weighted by Crippen LogP contribution is -2.39. The van der Waals surface area contributed by atoms with E-state index in [-0.39, 0.29) is 6.10 Å². The molecule has 0 radical (unpaired) electrons. The highest BCUT2D eigenvalue weighted by Gasteiger charge is 2.13. The van der Waals surface area contributed by atoms with E-state index in [2.05, 4.69) is 5.32 Å². The van der Waals surface area contributed by atoms with Crippen LogP contribution in [0.4, 0.5) is 8.78 Å². The average molecular weight is 243 g/mol. The van der Waals surface area contributed by atoms with E-state index in [9.17, 15) is 8.78 Å². The minimum atomic E-state index is -0.891. The molecule has 0 aliphatic carbocycles. The highest BCUT2D eigenvalue weighted by molar-refractivity contribution is 5.23. The molecule has 0 amide bonds. The van der Waals surface area contributed by atoms with Crippen molar-refractivity contribution in [2.45, 2.75) is 12.5 Å². The van der Waals surface area contributed by atoms with Gasteiger partial charge in [-0.25, -0.2) is 8.78 Å². The summed E-state index contributed by atoms with van der Waals surface area (Å²) in [6, 6.07) is 3.52. The number of benzene rings is 1. The van der Waals surface area contributed by atoms with E-state index in [4.69, 9.17) is 9.47 Å². The molecule has 0 saturated carbocycles. The lowest BCUT2D eigenvalue weighted by Gasteiger charge is -2.23. The fourth-order valence-corrected chi connectivity index (χ4v) is 1.68. The molecule has 1 heterocycles. The Morgan fingerprint density at radius 3 is 2.94 bits per heavy atom. The van der Waals surface area contributed by atoms with Crippen molar-refractivity contribution in [3.63, 3.8) is 0 Å². The fourth-order valence-electron chi connectivity index (χ4n) is 1.68. The van der Waals surface area contributed by atoms with Crippen LogP contribution in [0.25, 0.3) is 0 Å². The number of hydrogen-bond acceptors (Lipinski definition) is 3. The van der Waals surface area contributed by atoms with Gasteiger partial charge in [0.25, 0.3) is 0 Å². The summed E-state index contributed by atoms with van der Waals surface area (Å²) >= 11 is 0. The predicted octanol–water partition coefficient (Wildman–Crippen LogP) is 1.72. The van der Waals surface area contributed by atoms with Crippen LogP contribution in [0.1, 0.15) is 6.42 Å². The van der Waals surface area contributed by atoms with Crippen molar-refractivity contribution in [1.29, 1.82) is 0 Å². The van der Waals surface area contributed by atoms with Crippen molar-refractivity contribution in [2.75, 3.05) is 26.3 Å². The minimum absolute atomic E-state index is 0.133. The first-order valence-corrected chi connectivity index (χ1v) is 5.66. The van der Waals surface area contributed by atoms with E-state index >= 15 is 0 Å². The van der Waals surface area contributed by atoms with Gasteiger partial charge in [-0.05, 0) is 12.1 Å². The summed E-state index contributed by atoms with van der Waals surface area (Å²) in [6.45, 7) is 2.81. The van der Waals surface area contributed by atoms with E-state index < -0.39 is 11.6 Å². The Balaban J connectivity index is 1.75. The van der Waals surface area contributed by atoms with Gasteiger partial charge in [0.1, 0.15) is 5.75 Å². The lowest BCUT2D eigenvalue weighted by atomic mass is 10.2. The second-order valence-electron chi connectivity index (χ2n) is 3.91. The monoisotopic (exact) mass is 243 g/mol. The van der Waals surface area contributed by atoms with E-state index in [1.807, 2.05) is 0 Å². The molecule has 1 unspecified atom stereocenters. The van der Waals surface area contributed by atoms with Gasteiger partial charge in [-0.2, -0.15) is 0 Å². The highest BCUT2D eigenvalue weighted by atomic mass is 19.2. The van der Waals surface area contributed by atoms with Gasteiger partial charge in [-0.3, -0.25) is 0 Å². The molecule has 1 atom stereocenters. The third-order valence-electron chi connectivity index (χ3n) is 2.60. The van der Waals surface area contributed by atoms with Crippen molar-refractivity contribution in [1.82, 2.24) is 5.32 Å². The van der Waals surface area contributed by atoms with Crippen molar-refractivity contribution in [3.05, 3.63) is 29.8 Å². The third kappa shape index (κ3) is 3.64. The molecular formula is C12H15F2NO2. The van der Waals surface area contributed by atoms with Gasteiger partial charge in [0, 0.05) is 25.6 Å². The molecule has 94 valence electrons. The maximum absolute atomic E-state index is 12.9. The first-order chi connectivity index (χ1) is 8.25. The molecule has 0 spiro atoms. The number of nitrogens with one attached hydrogen (secondary N) is 1. The quantitative estimate of drug-likeness (QED) is 0.873. The number of ether oxygens (including phenoxy) is 2. The largest absolute Gasteiger partial charge is 0.493 e. The molecular weight excluding hydrogens is 228 g/mol. The van der Waals surface area contributed by atoms with Crippen molar-refractivity contribution in [3.8, 4) is 5.75 Å². The van der Waals surface area contributed by atoms with Crippen LogP contribution in [0.15, 0.2) is 18.2 Å². The van der Waals surface area contributed by atoms with Crippen LogP contribution in [0.5, 0.6) is 5.75 Å². The first-order valence-electron chi connectivity index (χ1n) is 5.66. The Morgan fingerprint density at radius 2 is 2.24 bits per heavy atom. The Morgan fingerprint density at radius 1 is 1.35 bits per heavy atom. The Labute approximate surface area is 98.7 Å². The Kier molecular flexibility index (Phi) is 4.28. The molecule has 1 aromatic rings. The molecule has 1 aliphatic heterocycles. The predicted molar refractivity (Wildman–Crippen MR) is 59.1 cm³/mol. The summed E-state index contributed by atoms with van der Waals surface area (Å²) in [5.74, 6) is -1.41. The molecule has 1 N–H and O–H groups in total. The van der Waals surface area contributed by atoms with E-state index in [1.165, 1.54) is 6.07 Å². The van der Waals surface area contributed by atoms with Gasteiger partial charge in [0.15, 0.2) is 11.6 Å². The van der Waals surface area contributed by atoms with E-state index in [0.29, 0.717) is 19.0 Å². The van der Waals surface area contributed by atoms with Crippen LogP contribution in [0.3, 0.4) is 0 Å². The van der Waals surface area contributed by atoms with Crippen LogP contribution in [-0.2, 0) is 4.74 Å². The number of rotatable bonds is 4. The van der Waals surface area contributed by atoms with Gasteiger partial charge in [0.2, 0.25) is 0 Å². The number of morpholine rings is 1. The SMILES string of the molecule is Fc1ccc(OCCC2CNCCO2)cc1F. The molecule has 1 fully saturated rings. The minimum Gasteiger partial charge on any atom is -0.493 e. The standard InChI is InChI=1S/C12H15F2NO2/c13-11-2-1-9(7-12(11)14)16-5-3-10-8-15-4-6-17-10/h1-2,7,10,15H,3-6,8H2. The number of hydrogen-bond donors (Lipinski definition) is 1. The van der Waals surface area contributed by atoms with Crippen molar-refractivity contribution >= 4 is 0 Å². The Bertz CT molecular complexity index is 368. The van der Waals surface area contributed by atoms with E-state index in [1.54, 1.807) is 0 Å². The molecule has 0 bridgehead atoms. The maximum Gasteiger partial charge on any atom is 0.162 e. The summed E-state index contributed by atoms with van der Waals surface area (Å²) in [7, 11) is 0. The molecule has 17 heavy (non-hydrogen) atoms. The topological polar surface area (TPSA) is 30.5 Å². The Hall–Kier alpha value is -1.20. The van der Waals surface area contributed by atoms with Gasteiger partial charge < -0.3 is 14.8 Å². The lowest BCUT2D eigenvalue weighted by molar-refractivity contribution is 0.0159. The second kappa shape index (κ2) is 5.93. The molecule has 1 aromatic carbocycles. The average Bonchev–Trinajstić information content (AvgIpc) is 2.35. The van der Waals surface area contributed by atoms with Crippen LogP contribution >= 0.6 is 0 Å². The van der Waals surface area contributed by atoms with Crippen LogP contribution < -0.4 is 10.1 Å². The zero-order valence-corrected chi connectivity index (χ0v) is 9.42. The third-order valence-corrected chi connectivity index (χ3v) is 2.60. The molecule has 1 saturated heterocycles. The highest BCUT2D eigenvalue weighted by Crippen LogP contribution is 2.16. The number of halogens is 2. The molecule has 3 nitrogen and oxygen atoms in total. The second-order valence-corrected chi connectivity index (χ2v) is 3.91. The summed E-state index contributed by atoms with van der Waals surface area (Å²) < 4.78 is 36.3. The molecule has 0 aromatic heterocycles. The normalized spacial score (nSPS) is 20.2. The first kappa shape index (κ1) is 12.3. The van der Waals surface area contributed by atoms with Crippen molar-refractivity contribution in [2.24, 2.45) is 0 Å². The van der Waals surface area contributed by atoms with Gasteiger partial charge in [-0.1, -0.05) is 0 Å². The summed E-state index contributed by atoms with van der Waals surface area (Å²) in [4.78, 5) is 0. The zero-order chi connectivity index (χ0) is 12.1. The summed E-state index contributed by atoms with van der Waals surface area (Å²) in [5, 5.41) is 3.21. The fraction of sp³-hybridized carbons (Fsp3) is 0.500. The van der Waals surface area contributed by atoms with E-state index in [0.717, 1.165) is 31.6 Å². The van der Waals surface area contributed by atoms with Crippen LogP contribution in [0, 0.1) is 11.6 Å². The molecule has 5 heteroatoms.